The second-order valence-electron chi connectivity index (χ2n) is 21.3. The molecule has 0 bridgehead atoms. The molecule has 0 radical (unpaired) electrons. The number of hydrogen-bond acceptors (Lipinski definition) is 6. The summed E-state index contributed by atoms with van der Waals surface area (Å²) in [6.07, 6.45) is 78.1. The molecule has 1 atom stereocenters. The van der Waals surface area contributed by atoms with Gasteiger partial charge in [0.15, 0.2) is 6.10 Å². The number of esters is 3. The Hall–Kier alpha value is -2.89. The number of allylic oxidation sites excluding steroid dienone is 10. The van der Waals surface area contributed by atoms with Gasteiger partial charge in [-0.2, -0.15) is 0 Å². The number of carbonyl (C=O) groups excluding carboxylic acids is 3. The van der Waals surface area contributed by atoms with E-state index in [4.69, 9.17) is 14.2 Å². The molecule has 0 aromatic heterocycles. The minimum atomic E-state index is -0.773. The van der Waals surface area contributed by atoms with E-state index >= 15 is 0 Å². The van der Waals surface area contributed by atoms with Gasteiger partial charge in [0.05, 0.1) is 0 Å². The van der Waals surface area contributed by atoms with Crippen molar-refractivity contribution >= 4 is 17.9 Å². The molecule has 0 rings (SSSR count). The lowest BCUT2D eigenvalue weighted by Gasteiger charge is -2.18. The average molecular weight is 1020 g/mol. The molecule has 0 spiro atoms. The molecule has 6 nitrogen and oxygen atoms in total. The summed E-state index contributed by atoms with van der Waals surface area (Å²) in [5.74, 6) is -0.862. The highest BCUT2D eigenvalue weighted by atomic mass is 16.6. The minimum Gasteiger partial charge on any atom is -0.462 e. The lowest BCUT2D eigenvalue weighted by Crippen LogP contribution is -2.30. The molecular weight excluding hydrogens is 901 g/mol. The molecule has 0 aliphatic carbocycles. The van der Waals surface area contributed by atoms with Gasteiger partial charge in [0.25, 0.3) is 0 Å². The van der Waals surface area contributed by atoms with Crippen molar-refractivity contribution in [3.63, 3.8) is 0 Å². The summed E-state index contributed by atoms with van der Waals surface area (Å²) in [5.41, 5.74) is 0. The first-order valence-electron chi connectivity index (χ1n) is 31.8. The van der Waals surface area contributed by atoms with Crippen LogP contribution in [-0.4, -0.2) is 37.2 Å². The summed E-state index contributed by atoms with van der Waals surface area (Å²) < 4.78 is 16.9. The third-order valence-corrected chi connectivity index (χ3v) is 14.0. The topological polar surface area (TPSA) is 78.9 Å². The predicted molar refractivity (Wildman–Crippen MR) is 316 cm³/mol. The van der Waals surface area contributed by atoms with E-state index in [1.165, 1.54) is 193 Å². The van der Waals surface area contributed by atoms with Crippen molar-refractivity contribution in [2.75, 3.05) is 13.2 Å². The van der Waals surface area contributed by atoms with Crippen molar-refractivity contribution in [3.8, 4) is 0 Å². The van der Waals surface area contributed by atoms with Crippen molar-refractivity contribution in [2.45, 2.75) is 335 Å². The first-order chi connectivity index (χ1) is 36.0. The quantitative estimate of drug-likeness (QED) is 0.0261. The zero-order valence-electron chi connectivity index (χ0n) is 48.7. The van der Waals surface area contributed by atoms with Gasteiger partial charge in [-0.15, -0.1) is 0 Å². The Morgan fingerprint density at radius 1 is 0.288 bits per heavy atom. The highest BCUT2D eigenvalue weighted by molar-refractivity contribution is 5.71. The standard InChI is InChI=1S/C67H120O6/c1-4-7-10-13-16-19-21-23-25-27-29-31-32-33-34-36-37-39-41-43-45-48-51-54-57-60-66(69)72-63-64(62-71-65(68)59-56-53-50-47-18-15-12-9-6-3)73-67(70)61-58-55-52-49-46-44-42-40-38-35-30-28-26-24-22-20-17-14-11-8-5-2/h7,10,16,19,23,25,29,31,33-34,64H,4-6,8-9,11-15,17-18,20-22,24,26-28,30,32,35-63H2,1-3H3/b10-7-,19-16-,25-23-,31-29-,34-33-. The summed E-state index contributed by atoms with van der Waals surface area (Å²) >= 11 is 0. The van der Waals surface area contributed by atoms with Crippen LogP contribution in [0, 0.1) is 0 Å². The van der Waals surface area contributed by atoms with Crippen LogP contribution in [0.5, 0.6) is 0 Å². The van der Waals surface area contributed by atoms with E-state index in [1.807, 2.05) is 0 Å². The average Bonchev–Trinajstić information content (AvgIpc) is 3.39. The van der Waals surface area contributed by atoms with Gasteiger partial charge in [-0.3, -0.25) is 14.4 Å². The molecule has 0 aliphatic rings. The molecule has 0 saturated carbocycles. The zero-order valence-corrected chi connectivity index (χ0v) is 48.7. The molecule has 0 fully saturated rings. The van der Waals surface area contributed by atoms with Gasteiger partial charge < -0.3 is 14.2 Å². The molecule has 0 amide bonds. The highest BCUT2D eigenvalue weighted by Crippen LogP contribution is 2.17. The van der Waals surface area contributed by atoms with E-state index in [-0.39, 0.29) is 31.1 Å². The monoisotopic (exact) mass is 1020 g/mol. The molecule has 73 heavy (non-hydrogen) atoms. The summed E-state index contributed by atoms with van der Waals surface area (Å²) in [4.78, 5) is 38.2. The van der Waals surface area contributed by atoms with E-state index in [0.717, 1.165) is 96.3 Å². The van der Waals surface area contributed by atoms with Gasteiger partial charge in [-0.05, 0) is 64.2 Å². The minimum absolute atomic E-state index is 0.0715. The van der Waals surface area contributed by atoms with E-state index in [2.05, 4.69) is 81.5 Å². The van der Waals surface area contributed by atoms with Crippen molar-refractivity contribution in [1.29, 1.82) is 0 Å². The molecule has 6 heteroatoms. The number of unbranched alkanes of at least 4 members (excludes halogenated alkanes) is 37. The van der Waals surface area contributed by atoms with Gasteiger partial charge in [0.2, 0.25) is 0 Å². The zero-order chi connectivity index (χ0) is 52.9. The fourth-order valence-electron chi connectivity index (χ4n) is 9.30. The Balaban J connectivity index is 4.20. The Morgan fingerprint density at radius 2 is 0.534 bits per heavy atom. The van der Waals surface area contributed by atoms with Crippen LogP contribution in [0.3, 0.4) is 0 Å². The third kappa shape index (κ3) is 59.9. The van der Waals surface area contributed by atoms with E-state index in [1.54, 1.807) is 0 Å². The summed E-state index contributed by atoms with van der Waals surface area (Å²) in [6.45, 7) is 6.55. The summed E-state index contributed by atoms with van der Waals surface area (Å²) in [7, 11) is 0. The number of carbonyl (C=O) groups is 3. The van der Waals surface area contributed by atoms with E-state index in [0.29, 0.717) is 19.3 Å². The first kappa shape index (κ1) is 70.1. The van der Waals surface area contributed by atoms with Crippen LogP contribution in [0.4, 0.5) is 0 Å². The largest absolute Gasteiger partial charge is 0.462 e. The highest BCUT2D eigenvalue weighted by Gasteiger charge is 2.19. The Kier molecular flexibility index (Phi) is 59.2. The van der Waals surface area contributed by atoms with Gasteiger partial charge in [-0.1, -0.05) is 306 Å². The van der Waals surface area contributed by atoms with Gasteiger partial charge >= 0.3 is 17.9 Å². The summed E-state index contributed by atoms with van der Waals surface area (Å²) in [5, 5.41) is 0. The van der Waals surface area contributed by atoms with Crippen molar-refractivity contribution in [1.82, 2.24) is 0 Å². The van der Waals surface area contributed by atoms with Crippen molar-refractivity contribution in [2.24, 2.45) is 0 Å². The Bertz CT molecular complexity index is 1310. The maximum absolute atomic E-state index is 12.9. The molecule has 1 unspecified atom stereocenters. The fourth-order valence-corrected chi connectivity index (χ4v) is 9.30. The molecule has 0 N–H and O–H groups in total. The fraction of sp³-hybridized carbons (Fsp3) is 0.806. The van der Waals surface area contributed by atoms with Gasteiger partial charge in [-0.25, -0.2) is 0 Å². The number of ether oxygens (including phenoxy) is 3. The van der Waals surface area contributed by atoms with Gasteiger partial charge in [0, 0.05) is 19.3 Å². The lowest BCUT2D eigenvalue weighted by molar-refractivity contribution is -0.167. The predicted octanol–water partition coefficient (Wildman–Crippen LogP) is 21.6. The van der Waals surface area contributed by atoms with Gasteiger partial charge in [0.1, 0.15) is 13.2 Å². The summed E-state index contributed by atoms with van der Waals surface area (Å²) in [6, 6.07) is 0. The SMILES string of the molecule is CC/C=C\C/C=C\C/C=C\C/C=C\C/C=C\CCCCCCCCCCCC(=O)OCC(COC(=O)CCCCCCCCCCC)OC(=O)CCCCCCCCCCCCCCCCCCCCCCC. The van der Waals surface area contributed by atoms with Crippen LogP contribution >= 0.6 is 0 Å². The molecule has 424 valence electrons. The Morgan fingerprint density at radius 3 is 0.836 bits per heavy atom. The van der Waals surface area contributed by atoms with E-state index < -0.39 is 6.10 Å². The molecule has 0 saturated heterocycles. The van der Waals surface area contributed by atoms with Crippen LogP contribution in [0.1, 0.15) is 329 Å². The second kappa shape index (κ2) is 61.7. The normalized spacial score (nSPS) is 12.4. The van der Waals surface area contributed by atoms with Crippen LogP contribution < -0.4 is 0 Å². The molecule has 0 heterocycles. The molecule has 0 aromatic carbocycles. The van der Waals surface area contributed by atoms with Crippen LogP contribution in [-0.2, 0) is 28.6 Å². The van der Waals surface area contributed by atoms with Crippen LogP contribution in [0.2, 0.25) is 0 Å². The van der Waals surface area contributed by atoms with Crippen molar-refractivity contribution < 1.29 is 28.6 Å². The van der Waals surface area contributed by atoms with Crippen LogP contribution in [0.25, 0.3) is 0 Å². The first-order valence-corrected chi connectivity index (χ1v) is 31.8. The third-order valence-electron chi connectivity index (χ3n) is 14.0. The molecule has 0 aromatic rings. The lowest BCUT2D eigenvalue weighted by atomic mass is 10.0. The molecular formula is C67H120O6. The maximum Gasteiger partial charge on any atom is 0.306 e. The number of rotatable bonds is 58. The Labute approximate surface area is 453 Å². The van der Waals surface area contributed by atoms with Crippen molar-refractivity contribution in [3.05, 3.63) is 60.8 Å². The molecule has 0 aliphatic heterocycles. The number of hydrogen-bond donors (Lipinski definition) is 0. The smallest absolute Gasteiger partial charge is 0.306 e. The second-order valence-corrected chi connectivity index (χ2v) is 21.3. The van der Waals surface area contributed by atoms with E-state index in [9.17, 15) is 14.4 Å². The van der Waals surface area contributed by atoms with Crippen LogP contribution in [0.15, 0.2) is 60.8 Å². The maximum atomic E-state index is 12.9.